The summed E-state index contributed by atoms with van der Waals surface area (Å²) in [5.41, 5.74) is 0. The number of likely N-dealkylation sites (tertiary alicyclic amines) is 1. The molecule has 1 amide bonds. The van der Waals surface area contributed by atoms with Crippen LogP contribution in [0.3, 0.4) is 0 Å². The first kappa shape index (κ1) is 16.6. The Morgan fingerprint density at radius 2 is 2.00 bits per heavy atom. The van der Waals surface area contributed by atoms with E-state index in [1.807, 2.05) is 18.2 Å². The molecule has 1 aliphatic rings. The fraction of sp³-hybridized carbons (Fsp3) is 0.588. The zero-order chi connectivity index (χ0) is 15.6. The summed E-state index contributed by atoms with van der Waals surface area (Å²) in [6.07, 6.45) is 4.81. The summed E-state index contributed by atoms with van der Waals surface area (Å²) < 4.78 is 10.6. The van der Waals surface area contributed by atoms with Gasteiger partial charge in [0, 0.05) is 12.6 Å². The first-order chi connectivity index (χ1) is 10.8. The third kappa shape index (κ3) is 5.93. The molecule has 0 radical (unpaired) electrons. The summed E-state index contributed by atoms with van der Waals surface area (Å²) in [6.45, 7) is 4.38. The van der Waals surface area contributed by atoms with E-state index in [9.17, 15) is 4.79 Å². The summed E-state index contributed by atoms with van der Waals surface area (Å²) in [5, 5.41) is 2.89. The van der Waals surface area contributed by atoms with E-state index in [0.29, 0.717) is 12.3 Å². The van der Waals surface area contributed by atoms with Gasteiger partial charge in [-0.05, 0) is 57.5 Å². The topological polar surface area (TPSA) is 50.8 Å². The predicted octanol–water partition coefficient (Wildman–Crippen LogP) is 2.07. The molecule has 1 aliphatic heterocycles. The quantitative estimate of drug-likeness (QED) is 0.710. The molecule has 5 nitrogen and oxygen atoms in total. The predicted molar refractivity (Wildman–Crippen MR) is 86.4 cm³/mol. The lowest BCUT2D eigenvalue weighted by molar-refractivity contribution is -0.123. The first-order valence-electron chi connectivity index (χ1n) is 8.04. The Labute approximate surface area is 132 Å². The smallest absolute Gasteiger partial charge is 0.257 e. The van der Waals surface area contributed by atoms with Gasteiger partial charge in [0.15, 0.2) is 6.61 Å². The number of methoxy groups -OCH3 is 1. The highest BCUT2D eigenvalue weighted by molar-refractivity contribution is 5.77. The van der Waals surface area contributed by atoms with Gasteiger partial charge in [0.05, 0.1) is 7.11 Å². The lowest BCUT2D eigenvalue weighted by Gasteiger charge is -2.14. The molecule has 2 rings (SSSR count). The molecule has 1 N–H and O–H groups in total. The lowest BCUT2D eigenvalue weighted by atomic mass is 10.3. The molecule has 1 fully saturated rings. The second kappa shape index (κ2) is 9.30. The maximum atomic E-state index is 11.7. The first-order valence-corrected chi connectivity index (χ1v) is 8.04. The maximum absolute atomic E-state index is 11.7. The van der Waals surface area contributed by atoms with E-state index in [-0.39, 0.29) is 12.5 Å². The van der Waals surface area contributed by atoms with Crippen LogP contribution in [-0.4, -0.2) is 50.7 Å². The SMILES string of the molecule is COc1cccc(OCC(=O)NCCCCN2CCCC2)c1. The van der Waals surface area contributed by atoms with Crippen molar-refractivity contribution in [3.05, 3.63) is 24.3 Å². The highest BCUT2D eigenvalue weighted by Crippen LogP contribution is 2.18. The molecule has 0 atom stereocenters. The number of amides is 1. The van der Waals surface area contributed by atoms with Gasteiger partial charge in [-0.1, -0.05) is 6.07 Å². The molecular formula is C17H26N2O3. The number of hydrogen-bond donors (Lipinski definition) is 1. The Morgan fingerprint density at radius 3 is 2.77 bits per heavy atom. The maximum Gasteiger partial charge on any atom is 0.257 e. The van der Waals surface area contributed by atoms with Crippen LogP contribution in [0.1, 0.15) is 25.7 Å². The molecule has 22 heavy (non-hydrogen) atoms. The fourth-order valence-corrected chi connectivity index (χ4v) is 2.59. The van der Waals surface area contributed by atoms with E-state index >= 15 is 0 Å². The number of rotatable bonds is 9. The van der Waals surface area contributed by atoms with Gasteiger partial charge in [0.25, 0.3) is 5.91 Å². The molecule has 0 unspecified atom stereocenters. The monoisotopic (exact) mass is 306 g/mol. The van der Waals surface area contributed by atoms with Crippen LogP contribution in [0.5, 0.6) is 11.5 Å². The second-order valence-corrected chi connectivity index (χ2v) is 5.57. The van der Waals surface area contributed by atoms with E-state index in [4.69, 9.17) is 9.47 Å². The summed E-state index contributed by atoms with van der Waals surface area (Å²) in [6, 6.07) is 7.26. The molecule has 0 bridgehead atoms. The van der Waals surface area contributed by atoms with Crippen molar-refractivity contribution in [2.45, 2.75) is 25.7 Å². The molecule has 5 heteroatoms. The van der Waals surface area contributed by atoms with Crippen LogP contribution in [-0.2, 0) is 4.79 Å². The molecular weight excluding hydrogens is 280 g/mol. The molecule has 0 aromatic heterocycles. The summed E-state index contributed by atoms with van der Waals surface area (Å²) in [4.78, 5) is 14.2. The standard InChI is InChI=1S/C17H26N2O3/c1-21-15-7-6-8-16(13-15)22-14-17(20)18-9-2-3-10-19-11-4-5-12-19/h6-8,13H,2-5,9-12,14H2,1H3,(H,18,20). The number of carbonyl (C=O) groups is 1. The second-order valence-electron chi connectivity index (χ2n) is 5.57. The minimum Gasteiger partial charge on any atom is -0.497 e. The minimum absolute atomic E-state index is 0.0410. The van der Waals surface area contributed by atoms with Crippen molar-refractivity contribution < 1.29 is 14.3 Å². The van der Waals surface area contributed by atoms with Gasteiger partial charge in [-0.15, -0.1) is 0 Å². The molecule has 1 aromatic carbocycles. The molecule has 122 valence electrons. The van der Waals surface area contributed by atoms with Crippen molar-refractivity contribution in [2.24, 2.45) is 0 Å². The number of nitrogens with zero attached hydrogens (tertiary/aromatic N) is 1. The fourth-order valence-electron chi connectivity index (χ4n) is 2.59. The number of nitrogens with one attached hydrogen (secondary N) is 1. The molecule has 1 heterocycles. The van der Waals surface area contributed by atoms with E-state index in [0.717, 1.165) is 25.1 Å². The molecule has 0 aliphatic carbocycles. The van der Waals surface area contributed by atoms with Gasteiger partial charge < -0.3 is 19.7 Å². The summed E-state index contributed by atoms with van der Waals surface area (Å²) in [5.74, 6) is 1.28. The van der Waals surface area contributed by atoms with Gasteiger partial charge in [-0.3, -0.25) is 4.79 Å². The van der Waals surface area contributed by atoms with Crippen molar-refractivity contribution >= 4 is 5.91 Å². The molecule has 0 saturated carbocycles. The summed E-state index contributed by atoms with van der Waals surface area (Å²) in [7, 11) is 1.61. The van der Waals surface area contributed by atoms with Crippen LogP contribution in [0.2, 0.25) is 0 Å². The van der Waals surface area contributed by atoms with E-state index < -0.39 is 0 Å². The Balaban J connectivity index is 1.53. The largest absolute Gasteiger partial charge is 0.497 e. The van der Waals surface area contributed by atoms with E-state index in [1.54, 1.807) is 13.2 Å². The number of hydrogen-bond acceptors (Lipinski definition) is 4. The average Bonchev–Trinajstić information content (AvgIpc) is 3.06. The van der Waals surface area contributed by atoms with Crippen LogP contribution < -0.4 is 14.8 Å². The van der Waals surface area contributed by atoms with Gasteiger partial charge in [-0.2, -0.15) is 0 Å². The van der Waals surface area contributed by atoms with Gasteiger partial charge in [0.2, 0.25) is 0 Å². The van der Waals surface area contributed by atoms with Crippen molar-refractivity contribution in [3.63, 3.8) is 0 Å². The minimum atomic E-state index is -0.0796. The van der Waals surface area contributed by atoms with E-state index in [1.165, 1.54) is 25.9 Å². The molecule has 0 spiro atoms. The number of ether oxygens (including phenoxy) is 2. The molecule has 1 saturated heterocycles. The van der Waals surface area contributed by atoms with Crippen molar-refractivity contribution in [1.82, 2.24) is 10.2 Å². The van der Waals surface area contributed by atoms with Gasteiger partial charge in [0.1, 0.15) is 11.5 Å². The Kier molecular flexibility index (Phi) is 7.03. The zero-order valence-corrected chi connectivity index (χ0v) is 13.3. The lowest BCUT2D eigenvalue weighted by Crippen LogP contribution is -2.30. The normalized spacial score (nSPS) is 14.8. The Hall–Kier alpha value is -1.75. The average molecular weight is 306 g/mol. The van der Waals surface area contributed by atoms with E-state index in [2.05, 4.69) is 10.2 Å². The van der Waals surface area contributed by atoms with Crippen LogP contribution >= 0.6 is 0 Å². The van der Waals surface area contributed by atoms with Gasteiger partial charge in [-0.25, -0.2) is 0 Å². The number of benzene rings is 1. The van der Waals surface area contributed by atoms with Crippen LogP contribution in [0, 0.1) is 0 Å². The van der Waals surface area contributed by atoms with Crippen LogP contribution in [0.25, 0.3) is 0 Å². The van der Waals surface area contributed by atoms with Gasteiger partial charge >= 0.3 is 0 Å². The van der Waals surface area contributed by atoms with Crippen molar-refractivity contribution in [2.75, 3.05) is 39.9 Å². The van der Waals surface area contributed by atoms with Crippen LogP contribution in [0.4, 0.5) is 0 Å². The summed E-state index contributed by atoms with van der Waals surface area (Å²) >= 11 is 0. The third-order valence-corrected chi connectivity index (χ3v) is 3.83. The third-order valence-electron chi connectivity index (χ3n) is 3.83. The Bertz CT molecular complexity index is 459. The van der Waals surface area contributed by atoms with Crippen LogP contribution in [0.15, 0.2) is 24.3 Å². The number of carbonyl (C=O) groups excluding carboxylic acids is 1. The van der Waals surface area contributed by atoms with Crippen molar-refractivity contribution in [1.29, 1.82) is 0 Å². The highest BCUT2D eigenvalue weighted by Gasteiger charge is 2.10. The zero-order valence-electron chi connectivity index (χ0n) is 13.3. The Morgan fingerprint density at radius 1 is 1.23 bits per heavy atom. The number of unbranched alkanes of at least 4 members (excludes halogenated alkanes) is 1. The highest BCUT2D eigenvalue weighted by atomic mass is 16.5. The molecule has 1 aromatic rings. The van der Waals surface area contributed by atoms with Crippen molar-refractivity contribution in [3.8, 4) is 11.5 Å².